The summed E-state index contributed by atoms with van der Waals surface area (Å²) in [5.41, 5.74) is 10.1. The number of aromatic nitrogens is 2. The van der Waals surface area contributed by atoms with Gasteiger partial charge in [0.25, 0.3) is 0 Å². The van der Waals surface area contributed by atoms with Crippen molar-refractivity contribution >= 4 is 22.8 Å². The summed E-state index contributed by atoms with van der Waals surface area (Å²) in [6, 6.07) is 16.2. The van der Waals surface area contributed by atoms with Crippen molar-refractivity contribution in [2.75, 3.05) is 32.7 Å². The van der Waals surface area contributed by atoms with E-state index in [1.807, 2.05) is 0 Å². The predicted octanol–water partition coefficient (Wildman–Crippen LogP) is 7.70. The van der Waals surface area contributed by atoms with Crippen molar-refractivity contribution in [3.05, 3.63) is 88.4 Å². The van der Waals surface area contributed by atoms with E-state index in [1.54, 1.807) is 0 Å². The molecule has 8 unspecified atom stereocenters. The average molecular weight is 898 g/mol. The molecule has 0 radical (unpaired) electrons. The third-order valence-corrected chi connectivity index (χ3v) is 15.0. The fourth-order valence-corrected chi connectivity index (χ4v) is 11.5. The number of likely N-dealkylation sites (tertiary alicyclic amines) is 3. The summed E-state index contributed by atoms with van der Waals surface area (Å²) < 4.78 is 10.1. The zero-order chi connectivity index (χ0) is 46.7. The number of benzene rings is 2. The van der Waals surface area contributed by atoms with Gasteiger partial charge in [0.1, 0.15) is 5.82 Å². The number of aliphatic hydroxyl groups excluding tert-OH is 1. The zero-order valence-corrected chi connectivity index (χ0v) is 40.9. The van der Waals surface area contributed by atoms with Gasteiger partial charge in [-0.1, -0.05) is 84.9 Å². The summed E-state index contributed by atoms with van der Waals surface area (Å²) >= 11 is 0. The first-order valence-corrected chi connectivity index (χ1v) is 24.4. The Hall–Kier alpha value is -3.86. The number of fused-ring (bicyclic) bond motifs is 1. The number of aliphatic hydroxyl groups is 1. The molecule has 358 valence electrons. The molecule has 3 saturated heterocycles. The second kappa shape index (κ2) is 21.0. The molecule has 0 spiro atoms. The molecule has 0 saturated carbocycles. The summed E-state index contributed by atoms with van der Waals surface area (Å²) in [6.07, 6.45) is 12.3. The van der Waals surface area contributed by atoms with Crippen LogP contribution in [0.3, 0.4) is 0 Å². The van der Waals surface area contributed by atoms with Gasteiger partial charge in [-0.2, -0.15) is 0 Å². The van der Waals surface area contributed by atoms with Crippen molar-refractivity contribution in [2.24, 2.45) is 17.3 Å². The molecule has 6 N–H and O–H groups in total. The molecule has 2 aromatic carbocycles. The zero-order valence-electron chi connectivity index (χ0n) is 40.9. The van der Waals surface area contributed by atoms with E-state index >= 15 is 0 Å². The largest absolute Gasteiger partial charge is 0.607 e. The molecule has 3 aliphatic heterocycles. The maximum atomic E-state index is 13.9. The van der Waals surface area contributed by atoms with Crippen LogP contribution in [0.2, 0.25) is 0 Å². The van der Waals surface area contributed by atoms with Crippen LogP contribution in [0.4, 0.5) is 10.5 Å². The number of hydrogen-bond donors (Lipinski definition) is 6. The van der Waals surface area contributed by atoms with Gasteiger partial charge in [-0.05, 0) is 117 Å². The monoisotopic (exact) mass is 898 g/mol. The highest BCUT2D eigenvalue weighted by Gasteiger charge is 2.42. The van der Waals surface area contributed by atoms with Gasteiger partial charge in [0.2, 0.25) is 6.41 Å². The number of hydrogen-bond acceptors (Lipinski definition) is 11. The number of H-pyrrole nitrogens is 1. The molecule has 14 nitrogen and oxygen atoms in total. The molecular weight excluding hydrogens is 819 g/mol. The molecular formula is C51H79N9O5. The van der Waals surface area contributed by atoms with Crippen molar-refractivity contribution in [3.8, 4) is 0 Å². The first kappa shape index (κ1) is 49.1. The molecule has 11 atom stereocenters. The van der Waals surface area contributed by atoms with Crippen molar-refractivity contribution in [2.45, 2.75) is 168 Å². The molecule has 65 heavy (non-hydrogen) atoms. The molecule has 1 aliphatic carbocycles. The molecule has 4 heterocycles. The third kappa shape index (κ3) is 11.0. The molecule has 14 heteroatoms. The van der Waals surface area contributed by atoms with Crippen LogP contribution in [0.5, 0.6) is 0 Å². The number of carbonyl (C=O) groups excluding carboxylic acids is 1. The number of aromatic amines is 1. The Labute approximate surface area is 388 Å². The van der Waals surface area contributed by atoms with Crippen LogP contribution in [-0.2, 0) is 9.47 Å². The highest BCUT2D eigenvalue weighted by molar-refractivity contribution is 5.76. The van der Waals surface area contributed by atoms with Crippen LogP contribution >= 0.6 is 0 Å². The summed E-state index contributed by atoms with van der Waals surface area (Å²) in [6.45, 7) is 21.5. The highest BCUT2D eigenvalue weighted by atomic mass is 16.6. The number of methoxy groups -OCH3 is 2. The lowest BCUT2D eigenvalue weighted by atomic mass is 9.82. The number of carbonyl (C=O) groups is 1. The molecule has 3 aromatic rings. The Morgan fingerprint density at radius 3 is 2.15 bits per heavy atom. The number of ether oxygens (including phenoxy) is 2. The summed E-state index contributed by atoms with van der Waals surface area (Å²) in [7, 11) is 2.90. The molecule has 4 aliphatic rings. The van der Waals surface area contributed by atoms with Crippen molar-refractivity contribution in [3.63, 3.8) is 0 Å². The van der Waals surface area contributed by atoms with E-state index in [2.05, 4.69) is 159 Å². The average Bonchev–Trinajstić information content (AvgIpc) is 4.12. The van der Waals surface area contributed by atoms with Gasteiger partial charge in [0.05, 0.1) is 29.9 Å². The van der Waals surface area contributed by atoms with E-state index in [9.17, 15) is 15.1 Å². The standard InChI is InChI=1S/C51H79N9O5/c1-31(2)46(54-49(61)64-10)33(5)57-28-12-14-44(57)48-52-40-25-18-36(30-41(40)53-48)43-27-26-42(59(43)39-23-19-37(20-24-39)51(7,8)9)35-16-21-38(22-17-35)56-60(63)45-15-13-29-58(45)34(6)47(32(3)4)55-50(62)65-11/h16-23,25,30-34,39,42-47,50,55-56,60,62H,12-15,24,26-29H2,1-11H3,(H,52,53)(H,54,61)/t33?,34?,39?,42?,43?,44-,45+,46-,47?,50?/m0/s1. The smallest absolute Gasteiger partial charge is 0.407 e. The number of allylic oxidation sites excluding steroid dienone is 2. The van der Waals surface area contributed by atoms with E-state index in [1.165, 1.54) is 30.9 Å². The molecule has 7 rings (SSSR count). The minimum atomic E-state index is -1.06. The number of quaternary nitrogens is 1. The normalized spacial score (nSPS) is 26.4. The first-order valence-electron chi connectivity index (χ1n) is 24.4. The molecule has 1 amide bonds. The van der Waals surface area contributed by atoms with Crippen molar-refractivity contribution < 1.29 is 24.5 Å². The lowest BCUT2D eigenvalue weighted by molar-refractivity contribution is -0.865. The topological polar surface area (TPSA) is 158 Å². The minimum Gasteiger partial charge on any atom is -0.607 e. The number of alkyl carbamates (subject to hydrolysis) is 1. The van der Waals surface area contributed by atoms with Gasteiger partial charge in [-0.3, -0.25) is 20.3 Å². The minimum absolute atomic E-state index is 0.0102. The number of rotatable bonds is 17. The fraction of sp³-hybridized carbons (Fsp3) is 0.647. The summed E-state index contributed by atoms with van der Waals surface area (Å²) in [5, 5.41) is 30.4. The molecule has 0 bridgehead atoms. The van der Waals surface area contributed by atoms with Gasteiger partial charge in [0, 0.05) is 62.4 Å². The third-order valence-electron chi connectivity index (χ3n) is 15.0. The van der Waals surface area contributed by atoms with E-state index in [4.69, 9.17) is 14.5 Å². The van der Waals surface area contributed by atoms with Crippen LogP contribution in [0.25, 0.3) is 11.0 Å². The summed E-state index contributed by atoms with van der Waals surface area (Å²) in [4.78, 5) is 28.8. The Balaban J connectivity index is 1.10. The molecule has 3 fully saturated rings. The van der Waals surface area contributed by atoms with Gasteiger partial charge in [0.15, 0.2) is 6.17 Å². The SMILES string of the molecule is COC(=O)N[C@@H](C(C)C)C(C)N1CCC[C@H]1c1nc2ccc(C3CCC(c4ccc(N[NH+]([O-])[C@@H]5CCCN5C(C)C(NC(O)OC)C(C)C)cc4)N3C3C=CC(C(C)(C)C)=CC3)cc2[nH]1. The predicted molar refractivity (Wildman–Crippen MR) is 258 cm³/mol. The number of amides is 1. The van der Waals surface area contributed by atoms with Crippen LogP contribution in [0, 0.1) is 22.5 Å². The van der Waals surface area contributed by atoms with Crippen LogP contribution in [0.1, 0.15) is 142 Å². The van der Waals surface area contributed by atoms with Crippen molar-refractivity contribution in [1.82, 2.24) is 35.3 Å². The fourth-order valence-electron chi connectivity index (χ4n) is 11.5. The van der Waals surface area contributed by atoms with E-state index in [0.29, 0.717) is 0 Å². The van der Waals surface area contributed by atoms with E-state index in [0.717, 1.165) is 80.6 Å². The van der Waals surface area contributed by atoms with Crippen LogP contribution < -0.4 is 21.2 Å². The van der Waals surface area contributed by atoms with Crippen molar-refractivity contribution in [1.29, 1.82) is 0 Å². The van der Waals surface area contributed by atoms with Gasteiger partial charge >= 0.3 is 6.09 Å². The number of imidazole rings is 1. The quantitative estimate of drug-likeness (QED) is 0.0583. The Bertz CT molecular complexity index is 2100. The van der Waals surface area contributed by atoms with Crippen LogP contribution in [0.15, 0.2) is 66.3 Å². The number of hydroxylamine groups is 1. The lowest BCUT2D eigenvalue weighted by Gasteiger charge is -2.41. The highest BCUT2D eigenvalue weighted by Crippen LogP contribution is 2.48. The number of nitrogens with zero attached hydrogens (tertiary/aromatic N) is 4. The first-order chi connectivity index (χ1) is 31.0. The second-order valence-corrected chi connectivity index (χ2v) is 20.8. The lowest BCUT2D eigenvalue weighted by Crippen LogP contribution is -3.16. The van der Waals surface area contributed by atoms with Gasteiger partial charge in [-0.25, -0.2) is 20.1 Å². The Morgan fingerprint density at radius 1 is 0.877 bits per heavy atom. The Morgan fingerprint density at radius 2 is 1.52 bits per heavy atom. The Kier molecular flexibility index (Phi) is 15.8. The van der Waals surface area contributed by atoms with E-state index < -0.39 is 12.5 Å². The van der Waals surface area contributed by atoms with Gasteiger partial charge < -0.3 is 30.1 Å². The maximum absolute atomic E-state index is 13.9. The van der Waals surface area contributed by atoms with Gasteiger partial charge in [-0.15, -0.1) is 0 Å². The van der Waals surface area contributed by atoms with Crippen LogP contribution in [-0.4, -0.2) is 106 Å². The summed E-state index contributed by atoms with van der Waals surface area (Å²) in [5.74, 6) is 1.45. The molecule has 1 aromatic heterocycles. The van der Waals surface area contributed by atoms with E-state index in [-0.39, 0.29) is 76.9 Å². The second-order valence-electron chi connectivity index (χ2n) is 20.8. The maximum Gasteiger partial charge on any atom is 0.407 e. The number of anilines is 1. The number of nitrogens with one attached hydrogen (secondary N) is 5.